The van der Waals surface area contributed by atoms with Gasteiger partial charge in [0.25, 0.3) is 5.56 Å². The third kappa shape index (κ3) is 3.22. The van der Waals surface area contributed by atoms with Crippen LogP contribution in [-0.4, -0.2) is 15.1 Å². The molecule has 0 fully saturated rings. The van der Waals surface area contributed by atoms with Gasteiger partial charge >= 0.3 is 0 Å². The van der Waals surface area contributed by atoms with Crippen LogP contribution in [0.2, 0.25) is 0 Å². The zero-order valence-electron chi connectivity index (χ0n) is 11.8. The maximum Gasteiger partial charge on any atom is 0.258 e. The summed E-state index contributed by atoms with van der Waals surface area (Å²) in [4.78, 5) is 19.9. The maximum atomic E-state index is 11.9. The first-order chi connectivity index (χ1) is 9.49. The first-order valence-corrected chi connectivity index (χ1v) is 7.48. The Morgan fingerprint density at radius 2 is 2.05 bits per heavy atom. The molecular weight excluding hydrogens is 272 g/mol. The molecule has 1 heterocycles. The van der Waals surface area contributed by atoms with Crippen molar-refractivity contribution in [1.29, 1.82) is 0 Å². The second-order valence-corrected chi connectivity index (χ2v) is 5.98. The Kier molecular flexibility index (Phi) is 4.49. The SMILES string of the molecule is Cc1ccccc1SCc1nc(O)c(C(C)C)c(=O)[nH]1. The molecule has 4 nitrogen and oxygen atoms in total. The number of benzene rings is 1. The van der Waals surface area contributed by atoms with Gasteiger partial charge in [0.1, 0.15) is 5.82 Å². The molecule has 0 unspecified atom stereocenters. The Balaban J connectivity index is 2.20. The molecule has 2 aromatic rings. The van der Waals surface area contributed by atoms with Crippen molar-refractivity contribution in [1.82, 2.24) is 9.97 Å². The van der Waals surface area contributed by atoms with E-state index in [4.69, 9.17) is 0 Å². The number of nitrogens with one attached hydrogen (secondary N) is 1. The highest BCUT2D eigenvalue weighted by molar-refractivity contribution is 7.98. The molecule has 0 bridgehead atoms. The molecule has 0 amide bonds. The van der Waals surface area contributed by atoms with Gasteiger partial charge in [0.15, 0.2) is 0 Å². The number of rotatable bonds is 4. The van der Waals surface area contributed by atoms with Gasteiger partial charge in [-0.3, -0.25) is 4.79 Å². The molecule has 2 N–H and O–H groups in total. The summed E-state index contributed by atoms with van der Waals surface area (Å²) in [6, 6.07) is 8.03. The molecule has 0 saturated heterocycles. The molecule has 0 atom stereocenters. The summed E-state index contributed by atoms with van der Waals surface area (Å²) >= 11 is 1.59. The fourth-order valence-electron chi connectivity index (χ4n) is 1.97. The summed E-state index contributed by atoms with van der Waals surface area (Å²) in [5, 5.41) is 9.85. The largest absolute Gasteiger partial charge is 0.493 e. The highest BCUT2D eigenvalue weighted by atomic mass is 32.2. The lowest BCUT2D eigenvalue weighted by molar-refractivity contribution is 0.437. The number of H-pyrrole nitrogens is 1. The molecular formula is C15H18N2O2S. The summed E-state index contributed by atoms with van der Waals surface area (Å²) in [6.07, 6.45) is 0. The van der Waals surface area contributed by atoms with E-state index in [-0.39, 0.29) is 17.4 Å². The lowest BCUT2D eigenvalue weighted by Gasteiger charge is -2.09. The molecule has 1 aromatic carbocycles. The Morgan fingerprint density at radius 1 is 1.35 bits per heavy atom. The Bertz CT molecular complexity index is 665. The third-order valence-electron chi connectivity index (χ3n) is 3.02. The Morgan fingerprint density at radius 3 is 2.65 bits per heavy atom. The number of aromatic nitrogens is 2. The lowest BCUT2D eigenvalue weighted by Crippen LogP contribution is -2.17. The minimum Gasteiger partial charge on any atom is -0.493 e. The quantitative estimate of drug-likeness (QED) is 0.849. The van der Waals surface area contributed by atoms with Gasteiger partial charge in [0.2, 0.25) is 5.88 Å². The van der Waals surface area contributed by atoms with Crippen LogP contribution in [-0.2, 0) is 5.75 Å². The van der Waals surface area contributed by atoms with E-state index in [0.717, 1.165) is 4.90 Å². The number of aromatic amines is 1. The standard InChI is InChI=1S/C15H18N2O2S/c1-9(2)13-14(18)16-12(17-15(13)19)8-20-11-7-5-4-6-10(11)3/h4-7,9H,8H2,1-3H3,(H2,16,17,18,19). The molecule has 0 aliphatic rings. The normalized spacial score (nSPS) is 11.0. The van der Waals surface area contributed by atoms with Gasteiger partial charge < -0.3 is 10.1 Å². The number of hydrogen-bond donors (Lipinski definition) is 2. The van der Waals surface area contributed by atoms with Crippen LogP contribution in [0.25, 0.3) is 0 Å². The van der Waals surface area contributed by atoms with Gasteiger partial charge in [-0.15, -0.1) is 11.8 Å². The number of aromatic hydroxyl groups is 1. The van der Waals surface area contributed by atoms with E-state index in [2.05, 4.69) is 9.97 Å². The minimum atomic E-state index is -0.257. The monoisotopic (exact) mass is 290 g/mol. The van der Waals surface area contributed by atoms with E-state index in [9.17, 15) is 9.90 Å². The van der Waals surface area contributed by atoms with E-state index in [1.807, 2.05) is 45.0 Å². The number of aryl methyl sites for hydroxylation is 1. The molecule has 106 valence electrons. The van der Waals surface area contributed by atoms with Crippen LogP contribution >= 0.6 is 11.8 Å². The smallest absolute Gasteiger partial charge is 0.258 e. The second-order valence-electron chi connectivity index (χ2n) is 4.96. The third-order valence-corrected chi connectivity index (χ3v) is 4.21. The highest BCUT2D eigenvalue weighted by Gasteiger charge is 2.14. The first kappa shape index (κ1) is 14.7. The van der Waals surface area contributed by atoms with Gasteiger partial charge in [-0.05, 0) is 24.5 Å². The van der Waals surface area contributed by atoms with Crippen molar-refractivity contribution in [3.05, 3.63) is 51.6 Å². The van der Waals surface area contributed by atoms with E-state index in [1.54, 1.807) is 11.8 Å². The van der Waals surface area contributed by atoms with E-state index in [0.29, 0.717) is 17.1 Å². The van der Waals surface area contributed by atoms with Crippen molar-refractivity contribution in [3.8, 4) is 5.88 Å². The molecule has 0 spiro atoms. The second kappa shape index (κ2) is 6.13. The van der Waals surface area contributed by atoms with Crippen LogP contribution in [0.5, 0.6) is 5.88 Å². The first-order valence-electron chi connectivity index (χ1n) is 6.49. The van der Waals surface area contributed by atoms with Gasteiger partial charge in [-0.25, -0.2) is 0 Å². The molecule has 5 heteroatoms. The fraction of sp³-hybridized carbons (Fsp3) is 0.333. The molecule has 1 aromatic heterocycles. The van der Waals surface area contributed by atoms with Crippen LogP contribution in [0.4, 0.5) is 0 Å². The average Bonchev–Trinajstić information content (AvgIpc) is 2.36. The minimum absolute atomic E-state index is 0.0516. The molecule has 0 aliphatic carbocycles. The van der Waals surface area contributed by atoms with Gasteiger partial charge in [0, 0.05) is 4.90 Å². The molecule has 0 radical (unpaired) electrons. The van der Waals surface area contributed by atoms with Crippen LogP contribution in [0.1, 0.15) is 36.7 Å². The predicted molar refractivity (Wildman–Crippen MR) is 81.4 cm³/mol. The Hall–Kier alpha value is -1.75. The van der Waals surface area contributed by atoms with Gasteiger partial charge in [-0.1, -0.05) is 32.0 Å². The van der Waals surface area contributed by atoms with Crippen LogP contribution in [0.3, 0.4) is 0 Å². The predicted octanol–water partition coefficient (Wildman–Crippen LogP) is 3.20. The topological polar surface area (TPSA) is 66.0 Å². The number of thioether (sulfide) groups is 1. The Labute approximate surface area is 122 Å². The van der Waals surface area contributed by atoms with Crippen LogP contribution in [0, 0.1) is 6.92 Å². The summed E-state index contributed by atoms with van der Waals surface area (Å²) in [7, 11) is 0. The van der Waals surface area contributed by atoms with Gasteiger partial charge in [-0.2, -0.15) is 4.98 Å². The van der Waals surface area contributed by atoms with E-state index >= 15 is 0 Å². The molecule has 2 rings (SSSR count). The van der Waals surface area contributed by atoms with Crippen molar-refractivity contribution in [2.75, 3.05) is 0 Å². The van der Waals surface area contributed by atoms with Crippen molar-refractivity contribution >= 4 is 11.8 Å². The van der Waals surface area contributed by atoms with Gasteiger partial charge in [0.05, 0.1) is 11.3 Å². The molecule has 0 saturated carbocycles. The van der Waals surface area contributed by atoms with Crippen molar-refractivity contribution < 1.29 is 5.11 Å². The summed E-state index contributed by atoms with van der Waals surface area (Å²) in [5.74, 6) is 0.796. The van der Waals surface area contributed by atoms with E-state index in [1.165, 1.54) is 5.56 Å². The fourth-order valence-corrected chi connectivity index (χ4v) is 2.87. The van der Waals surface area contributed by atoms with Crippen LogP contribution < -0.4 is 5.56 Å². The van der Waals surface area contributed by atoms with E-state index < -0.39 is 0 Å². The van der Waals surface area contributed by atoms with Crippen molar-refractivity contribution in [3.63, 3.8) is 0 Å². The maximum absolute atomic E-state index is 11.9. The highest BCUT2D eigenvalue weighted by Crippen LogP contribution is 2.25. The summed E-state index contributed by atoms with van der Waals surface area (Å²) in [6.45, 7) is 5.75. The summed E-state index contributed by atoms with van der Waals surface area (Å²) < 4.78 is 0. The van der Waals surface area contributed by atoms with Crippen molar-refractivity contribution in [2.45, 2.75) is 37.3 Å². The molecule has 20 heavy (non-hydrogen) atoms. The zero-order chi connectivity index (χ0) is 14.7. The number of hydrogen-bond acceptors (Lipinski definition) is 4. The molecule has 0 aliphatic heterocycles. The van der Waals surface area contributed by atoms with Crippen molar-refractivity contribution in [2.24, 2.45) is 0 Å². The average molecular weight is 290 g/mol. The van der Waals surface area contributed by atoms with Crippen LogP contribution in [0.15, 0.2) is 34.0 Å². The lowest BCUT2D eigenvalue weighted by atomic mass is 10.1. The summed E-state index contributed by atoms with van der Waals surface area (Å²) in [5.41, 5.74) is 1.27. The number of nitrogens with zero attached hydrogens (tertiary/aromatic N) is 1. The zero-order valence-corrected chi connectivity index (χ0v) is 12.6.